The van der Waals surface area contributed by atoms with Gasteiger partial charge in [-0.05, 0) is 56.5 Å². The second-order valence-corrected chi connectivity index (χ2v) is 7.80. The number of nitrogens with one attached hydrogen (secondary N) is 1. The molecule has 3 heterocycles. The molecular weight excluding hydrogens is 426 g/mol. The molecule has 0 saturated heterocycles. The lowest BCUT2D eigenvalue weighted by molar-refractivity contribution is 0.1000. The molecular formula is C24H26ClN5O2. The monoisotopic (exact) mass is 451 g/mol. The number of nitrogens with two attached hydrogens (primary N) is 1. The standard InChI is InChI=1S/C24H25N5O2.ClH/c1-14-6-5-7-15(2)20(14)12-26-21-11-19(13-29-17(4)16(3)27-24(21)29)28-9-8-18(23(25)31)10-22(28)30;/h5-11,13,26H,12H2,1-4H3,(H2,25,31);1H. The molecule has 32 heavy (non-hydrogen) atoms. The van der Waals surface area contributed by atoms with Crippen molar-refractivity contribution in [2.45, 2.75) is 34.2 Å². The lowest BCUT2D eigenvalue weighted by Crippen LogP contribution is -2.21. The van der Waals surface area contributed by atoms with Gasteiger partial charge in [0.2, 0.25) is 5.91 Å². The van der Waals surface area contributed by atoms with Gasteiger partial charge in [-0.25, -0.2) is 4.98 Å². The summed E-state index contributed by atoms with van der Waals surface area (Å²) in [5, 5.41) is 3.51. The van der Waals surface area contributed by atoms with E-state index in [9.17, 15) is 9.59 Å². The minimum atomic E-state index is -0.628. The van der Waals surface area contributed by atoms with Gasteiger partial charge >= 0.3 is 0 Å². The molecule has 166 valence electrons. The highest BCUT2D eigenvalue weighted by atomic mass is 35.5. The minimum Gasteiger partial charge on any atom is -0.378 e. The lowest BCUT2D eigenvalue weighted by atomic mass is 10.0. The summed E-state index contributed by atoms with van der Waals surface area (Å²) in [4.78, 5) is 28.8. The zero-order valence-corrected chi connectivity index (χ0v) is 19.3. The maximum atomic E-state index is 12.7. The number of carbonyl (C=O) groups is 1. The number of primary amides is 1. The summed E-state index contributed by atoms with van der Waals surface area (Å²) in [7, 11) is 0. The van der Waals surface area contributed by atoms with Crippen molar-refractivity contribution in [3.8, 4) is 5.69 Å². The van der Waals surface area contributed by atoms with Crippen LogP contribution in [0.25, 0.3) is 11.3 Å². The highest BCUT2D eigenvalue weighted by molar-refractivity contribution is 5.92. The number of imidazole rings is 1. The van der Waals surface area contributed by atoms with Gasteiger partial charge in [-0.3, -0.25) is 14.2 Å². The van der Waals surface area contributed by atoms with Crippen molar-refractivity contribution >= 4 is 29.6 Å². The van der Waals surface area contributed by atoms with Crippen molar-refractivity contribution in [3.63, 3.8) is 0 Å². The largest absolute Gasteiger partial charge is 0.378 e. The van der Waals surface area contributed by atoms with Crippen molar-refractivity contribution in [1.82, 2.24) is 14.0 Å². The SMILES string of the molecule is Cc1cccc(C)c1CNc1cc(-n2ccc(C(N)=O)cc2=O)cn2c(C)c(C)nc12.Cl. The number of aryl methyl sites for hydroxylation is 4. The van der Waals surface area contributed by atoms with Crippen LogP contribution < -0.4 is 16.6 Å². The van der Waals surface area contributed by atoms with E-state index >= 15 is 0 Å². The molecule has 0 bridgehead atoms. The van der Waals surface area contributed by atoms with Crippen LogP contribution in [-0.4, -0.2) is 19.9 Å². The molecule has 0 aliphatic carbocycles. The summed E-state index contributed by atoms with van der Waals surface area (Å²) in [6.45, 7) is 8.79. The van der Waals surface area contributed by atoms with Gasteiger partial charge in [-0.15, -0.1) is 12.4 Å². The molecule has 1 aromatic carbocycles. The highest BCUT2D eigenvalue weighted by Crippen LogP contribution is 2.25. The predicted octanol–water partition coefficient (Wildman–Crippen LogP) is 3.85. The smallest absolute Gasteiger partial charge is 0.255 e. The van der Waals surface area contributed by atoms with Crippen LogP contribution in [0.15, 0.2) is 53.6 Å². The molecule has 4 aromatic rings. The number of carbonyl (C=O) groups excluding carboxylic acids is 1. The molecule has 7 nitrogen and oxygen atoms in total. The number of nitrogens with zero attached hydrogens (tertiary/aromatic N) is 3. The van der Waals surface area contributed by atoms with Crippen molar-refractivity contribution in [1.29, 1.82) is 0 Å². The van der Waals surface area contributed by atoms with Crippen LogP contribution in [0.2, 0.25) is 0 Å². The van der Waals surface area contributed by atoms with Crippen LogP contribution in [0.4, 0.5) is 5.69 Å². The van der Waals surface area contributed by atoms with E-state index in [0.29, 0.717) is 12.2 Å². The van der Waals surface area contributed by atoms with E-state index in [4.69, 9.17) is 10.7 Å². The minimum absolute atomic E-state index is 0. The van der Waals surface area contributed by atoms with Crippen LogP contribution in [0.3, 0.4) is 0 Å². The average Bonchev–Trinajstić information content (AvgIpc) is 3.01. The van der Waals surface area contributed by atoms with Crippen molar-refractivity contribution in [2.75, 3.05) is 5.32 Å². The second kappa shape index (κ2) is 8.88. The molecule has 8 heteroatoms. The zero-order chi connectivity index (χ0) is 22.3. The van der Waals surface area contributed by atoms with E-state index < -0.39 is 5.91 Å². The predicted molar refractivity (Wildman–Crippen MR) is 129 cm³/mol. The number of rotatable bonds is 5. The lowest BCUT2D eigenvalue weighted by Gasteiger charge is -2.15. The van der Waals surface area contributed by atoms with Crippen LogP contribution in [0, 0.1) is 27.7 Å². The molecule has 4 rings (SSSR count). The quantitative estimate of drug-likeness (QED) is 0.481. The van der Waals surface area contributed by atoms with E-state index in [2.05, 4.69) is 37.4 Å². The normalized spacial score (nSPS) is 10.8. The van der Waals surface area contributed by atoms with Crippen LogP contribution in [-0.2, 0) is 6.54 Å². The molecule has 0 atom stereocenters. The molecule has 0 unspecified atom stereocenters. The average molecular weight is 452 g/mol. The molecule has 0 radical (unpaired) electrons. The first kappa shape index (κ1) is 23.1. The Bertz CT molecular complexity index is 1370. The maximum absolute atomic E-state index is 12.7. The zero-order valence-electron chi connectivity index (χ0n) is 18.5. The van der Waals surface area contributed by atoms with Gasteiger partial charge < -0.3 is 15.5 Å². The molecule has 0 aliphatic heterocycles. The van der Waals surface area contributed by atoms with E-state index in [1.54, 1.807) is 12.3 Å². The molecule has 3 aromatic heterocycles. The Morgan fingerprint density at radius 2 is 1.78 bits per heavy atom. The molecule has 1 amide bonds. The van der Waals surface area contributed by atoms with Crippen molar-refractivity contribution in [2.24, 2.45) is 5.73 Å². The first-order chi connectivity index (χ1) is 14.8. The number of hydrogen-bond donors (Lipinski definition) is 2. The fraction of sp³-hybridized carbons (Fsp3) is 0.208. The number of halogens is 1. The van der Waals surface area contributed by atoms with Gasteiger partial charge in [0.1, 0.15) is 0 Å². The van der Waals surface area contributed by atoms with Crippen LogP contribution in [0.5, 0.6) is 0 Å². The Morgan fingerprint density at radius 1 is 1.09 bits per heavy atom. The molecule has 3 N–H and O–H groups in total. The third-order valence-corrected chi connectivity index (χ3v) is 5.76. The number of aromatic nitrogens is 3. The fourth-order valence-corrected chi connectivity index (χ4v) is 3.78. The Morgan fingerprint density at radius 3 is 2.41 bits per heavy atom. The Balaban J connectivity index is 0.00000289. The van der Waals surface area contributed by atoms with E-state index in [0.717, 1.165) is 22.7 Å². The van der Waals surface area contributed by atoms with E-state index in [1.165, 1.54) is 27.3 Å². The number of benzene rings is 1. The Hall–Kier alpha value is -3.58. The number of hydrogen-bond acceptors (Lipinski definition) is 4. The highest BCUT2D eigenvalue weighted by Gasteiger charge is 2.14. The van der Waals surface area contributed by atoms with Crippen LogP contribution >= 0.6 is 12.4 Å². The van der Waals surface area contributed by atoms with Crippen molar-refractivity contribution < 1.29 is 4.79 Å². The number of fused-ring (bicyclic) bond motifs is 1. The number of pyridine rings is 2. The first-order valence-electron chi connectivity index (χ1n) is 10.1. The summed E-state index contributed by atoms with van der Waals surface area (Å²) < 4.78 is 3.47. The molecule has 0 fully saturated rings. The van der Waals surface area contributed by atoms with Crippen LogP contribution in [0.1, 0.15) is 38.4 Å². The third-order valence-electron chi connectivity index (χ3n) is 5.76. The third kappa shape index (κ3) is 4.11. The van der Waals surface area contributed by atoms with E-state index in [-0.39, 0.29) is 23.5 Å². The summed E-state index contributed by atoms with van der Waals surface area (Å²) in [6.07, 6.45) is 3.44. The van der Waals surface area contributed by atoms with Gasteiger partial charge in [-0.2, -0.15) is 0 Å². The van der Waals surface area contributed by atoms with Gasteiger partial charge in [0.05, 0.1) is 17.1 Å². The molecule has 0 saturated carbocycles. The summed E-state index contributed by atoms with van der Waals surface area (Å²) in [5.41, 5.74) is 13.0. The van der Waals surface area contributed by atoms with Crippen molar-refractivity contribution in [3.05, 3.63) is 92.8 Å². The number of anilines is 1. The fourth-order valence-electron chi connectivity index (χ4n) is 3.78. The summed E-state index contributed by atoms with van der Waals surface area (Å²) >= 11 is 0. The Kier molecular flexibility index (Phi) is 6.41. The van der Waals surface area contributed by atoms with E-state index in [1.807, 2.05) is 30.5 Å². The van der Waals surface area contributed by atoms with Gasteiger partial charge in [0.15, 0.2) is 5.65 Å². The molecule has 0 aliphatic rings. The molecule has 0 spiro atoms. The second-order valence-electron chi connectivity index (χ2n) is 7.80. The Labute approximate surface area is 192 Å². The maximum Gasteiger partial charge on any atom is 0.255 e. The number of amides is 1. The summed E-state index contributed by atoms with van der Waals surface area (Å²) in [5.74, 6) is -0.628. The summed E-state index contributed by atoms with van der Waals surface area (Å²) in [6, 6.07) is 10.9. The van der Waals surface area contributed by atoms with Gasteiger partial charge in [-0.1, -0.05) is 18.2 Å². The van der Waals surface area contributed by atoms with Gasteiger partial charge in [0, 0.05) is 36.3 Å². The first-order valence-corrected chi connectivity index (χ1v) is 10.1. The van der Waals surface area contributed by atoms with Gasteiger partial charge in [0.25, 0.3) is 5.56 Å². The topological polar surface area (TPSA) is 94.4 Å².